The molecule has 0 heterocycles. The second-order valence-electron chi connectivity index (χ2n) is 0.430. The third kappa shape index (κ3) is 1.91. The van der Waals surface area contributed by atoms with E-state index in [2.05, 4.69) is 0 Å². The van der Waals surface area contributed by atoms with E-state index in [0.717, 1.165) is 0 Å². The third-order valence-electron chi connectivity index (χ3n) is 0.114. The first-order valence-corrected chi connectivity index (χ1v) is 0.876. The van der Waals surface area contributed by atoms with Gasteiger partial charge in [-0.3, -0.25) is 0 Å². The quantitative estimate of drug-likeness (QED) is 0.272. The summed E-state index contributed by atoms with van der Waals surface area (Å²) >= 11 is 0. The molecule has 0 bridgehead atoms. The minimum absolute atomic E-state index is 2.33. The maximum atomic E-state index is 10.2. The van der Waals surface area contributed by atoms with Crippen LogP contribution in [0.1, 0.15) is 0 Å². The van der Waals surface area contributed by atoms with Crippen molar-refractivity contribution in [1.29, 1.82) is 0 Å². The topological polar surface area (TPSA) is 9.14 Å². The van der Waals surface area contributed by atoms with Gasteiger partial charge in [0.05, 0.1) is 0 Å². The van der Waals surface area contributed by atoms with Gasteiger partial charge in [0.1, 0.15) is 8.96 Å². The molecule has 0 unspecified atom stereocenters. The van der Waals surface area contributed by atoms with Gasteiger partial charge in [-0.15, -0.1) is 0 Å². The lowest BCUT2D eigenvalue weighted by molar-refractivity contribution is -0.373. The molecule has 0 aromatic carbocycles. The first kappa shape index (κ1) is 5.64. The lowest BCUT2D eigenvalue weighted by atomic mass is 12.7. The molecule has 0 aliphatic heterocycles. The molecule has 2 nitrogen and oxygen atoms in total. The lowest BCUT2D eigenvalue weighted by Gasteiger charge is -1.73. The van der Waals surface area contributed by atoms with Crippen molar-refractivity contribution >= 4 is 0 Å². The molecular formula is F4N2+. The van der Waals surface area contributed by atoms with Gasteiger partial charge < -0.3 is 0 Å². The Morgan fingerprint density at radius 1 is 1.17 bits per heavy atom. The van der Waals surface area contributed by atoms with Crippen LogP contribution >= 0.6 is 0 Å². The monoisotopic (exact) mass is 104 g/mol. The van der Waals surface area contributed by atoms with Crippen molar-refractivity contribution in [3.8, 4) is 0 Å². The van der Waals surface area contributed by atoms with E-state index < -0.39 is 10.9 Å². The van der Waals surface area contributed by atoms with E-state index in [1.54, 1.807) is 0 Å². The summed E-state index contributed by atoms with van der Waals surface area (Å²) in [5.74, 6) is 0. The van der Waals surface area contributed by atoms with Crippen molar-refractivity contribution in [1.82, 2.24) is 10.9 Å². The zero-order valence-electron chi connectivity index (χ0n) is 2.41. The molecule has 0 aromatic rings. The molecular weight excluding hydrogens is 104 g/mol. The van der Waals surface area contributed by atoms with E-state index in [0.29, 0.717) is 0 Å². The number of hydrazine groups is 1. The van der Waals surface area contributed by atoms with Gasteiger partial charge in [0.25, 0.3) is 0 Å². The molecule has 0 spiro atoms. The Labute approximate surface area is 30.3 Å². The Hall–Kier alpha value is -0.360. The van der Waals surface area contributed by atoms with Crippen molar-refractivity contribution in [3.05, 3.63) is 0 Å². The van der Waals surface area contributed by atoms with Gasteiger partial charge in [-0.2, -0.15) is 0 Å². The van der Waals surface area contributed by atoms with Crippen LogP contribution in [0.2, 0.25) is 0 Å². The van der Waals surface area contributed by atoms with Crippen molar-refractivity contribution < 1.29 is 17.9 Å². The molecule has 0 aliphatic rings. The largest absolute Gasteiger partial charge is 0.436 e. The van der Waals surface area contributed by atoms with Gasteiger partial charge >= 0.3 is 10.9 Å². The van der Waals surface area contributed by atoms with Crippen LogP contribution in [0, 0.1) is 0 Å². The van der Waals surface area contributed by atoms with Gasteiger partial charge in [0, 0.05) is 0 Å². The van der Waals surface area contributed by atoms with E-state index >= 15 is 0 Å². The fraction of sp³-hybridized carbons (Fsp3) is 0. The van der Waals surface area contributed by atoms with Crippen LogP contribution in [0.25, 0.3) is 0 Å². The van der Waals surface area contributed by atoms with Crippen LogP contribution < -0.4 is 5.45 Å². The van der Waals surface area contributed by atoms with Crippen molar-refractivity contribution in [2.75, 3.05) is 0 Å². The van der Waals surface area contributed by atoms with Gasteiger partial charge in [-0.1, -0.05) is 0 Å². The Bertz CT molecular complexity index is 26.5. The first-order chi connectivity index (χ1) is 2.64. The Kier molecular flexibility index (Phi) is 1.82. The van der Waals surface area contributed by atoms with Crippen LogP contribution in [0.5, 0.6) is 0 Å². The minimum atomic E-state index is -2.33. The van der Waals surface area contributed by atoms with Crippen LogP contribution in [-0.2, 0) is 0 Å². The predicted octanol–water partition coefficient (Wildman–Crippen LogP) is 0.882. The molecule has 37 valence electrons. The molecule has 0 rings (SSSR count). The van der Waals surface area contributed by atoms with E-state index in [9.17, 15) is 17.9 Å². The van der Waals surface area contributed by atoms with Crippen molar-refractivity contribution in [3.63, 3.8) is 0 Å². The first-order valence-electron chi connectivity index (χ1n) is 0.876. The highest BCUT2D eigenvalue weighted by molar-refractivity contribution is 3.76. The average molecular weight is 104 g/mol. The lowest BCUT2D eigenvalue weighted by Crippen LogP contribution is -2.17. The molecule has 0 fully saturated rings. The fourth-order valence-corrected chi connectivity index (χ4v) is 0. The summed E-state index contributed by atoms with van der Waals surface area (Å²) in [6.07, 6.45) is 0. The van der Waals surface area contributed by atoms with Crippen LogP contribution in [0.4, 0.5) is 17.9 Å². The molecule has 0 saturated heterocycles. The molecule has 0 aromatic heterocycles. The summed E-state index contributed by atoms with van der Waals surface area (Å²) in [6.45, 7) is 0. The van der Waals surface area contributed by atoms with Crippen LogP contribution in [-0.4, -0.2) is 5.45 Å². The van der Waals surface area contributed by atoms with Gasteiger partial charge in [0.15, 0.2) is 0 Å². The molecule has 0 N–H and O–H groups in total. The number of rotatable bonds is 1. The Balaban J connectivity index is 2.99. The molecule has 0 amide bonds. The van der Waals surface area contributed by atoms with E-state index in [1.807, 2.05) is 0 Å². The predicted molar refractivity (Wildman–Crippen MR) is 8.41 cm³/mol. The summed E-state index contributed by atoms with van der Waals surface area (Å²) < 4.78 is 40.7. The highest BCUT2D eigenvalue weighted by Gasteiger charge is 2.29. The van der Waals surface area contributed by atoms with Gasteiger partial charge in [-0.05, 0) is 8.96 Å². The van der Waals surface area contributed by atoms with Crippen LogP contribution in [0.3, 0.4) is 0 Å². The van der Waals surface area contributed by atoms with E-state index in [-0.39, 0.29) is 0 Å². The molecule has 6 heavy (non-hydrogen) atoms. The maximum absolute atomic E-state index is 10.2. The third-order valence-corrected chi connectivity index (χ3v) is 0.114. The summed E-state index contributed by atoms with van der Waals surface area (Å²) in [5, 5.41) is 0. The normalized spacial score (nSPS) is 11.0. The summed E-state index contributed by atoms with van der Waals surface area (Å²) in [6, 6.07) is 0. The van der Waals surface area contributed by atoms with Gasteiger partial charge in [0.2, 0.25) is 0 Å². The molecule has 0 atom stereocenters. The number of hydrogen-bond donors (Lipinski definition) is 0. The van der Waals surface area contributed by atoms with Crippen LogP contribution in [0.15, 0.2) is 0 Å². The number of hydrogen-bond acceptors (Lipinski definition) is 2. The zero-order valence-corrected chi connectivity index (χ0v) is 2.41. The summed E-state index contributed by atoms with van der Waals surface area (Å²) in [5.41, 5.74) is -4.67. The highest BCUT2D eigenvalue weighted by Crippen LogP contribution is 1.93. The summed E-state index contributed by atoms with van der Waals surface area (Å²) in [4.78, 5) is 0. The Morgan fingerprint density at radius 3 is 1.33 bits per heavy atom. The van der Waals surface area contributed by atoms with Crippen molar-refractivity contribution in [2.45, 2.75) is 0 Å². The SMILES string of the molecule is FN(F)[N+](F)F. The summed E-state index contributed by atoms with van der Waals surface area (Å²) in [7, 11) is 0. The van der Waals surface area contributed by atoms with E-state index in [4.69, 9.17) is 0 Å². The molecule has 0 aliphatic carbocycles. The average Bonchev–Trinajstić information content (AvgIpc) is 1.36. The number of halogens is 4. The standard InChI is InChI=1S/F4N2/c1-5(2)6(3)4/q+1. The van der Waals surface area contributed by atoms with E-state index in [1.165, 1.54) is 0 Å². The molecule has 6 heteroatoms. The Morgan fingerprint density at radius 2 is 1.33 bits per heavy atom. The smallest absolute Gasteiger partial charge is 0.0359 e. The second kappa shape index (κ2) is 1.93. The minimum Gasteiger partial charge on any atom is -0.0359 e. The molecule has 1 radical (unpaired) electrons. The van der Waals surface area contributed by atoms with Gasteiger partial charge in [-0.25, -0.2) is 0 Å². The fourth-order valence-electron chi connectivity index (χ4n) is 0. The second-order valence-corrected chi connectivity index (χ2v) is 0.430. The van der Waals surface area contributed by atoms with Crippen molar-refractivity contribution in [2.24, 2.45) is 0 Å². The number of nitrogens with zero attached hydrogens (tertiary/aromatic N) is 2. The molecule has 0 saturated carbocycles. The highest BCUT2D eigenvalue weighted by atomic mass is 19.5. The zero-order chi connectivity index (χ0) is 5.15. The maximum Gasteiger partial charge on any atom is 0.436 e.